The topological polar surface area (TPSA) is 64.7 Å². The molecule has 1 aromatic heterocycles. The fourth-order valence-electron chi connectivity index (χ4n) is 3.74. The van der Waals surface area contributed by atoms with Crippen LogP contribution in [0.25, 0.3) is 22.8 Å². The van der Waals surface area contributed by atoms with Crippen LogP contribution in [0.5, 0.6) is 0 Å². The zero-order valence-electron chi connectivity index (χ0n) is 17.3. The normalized spacial score (nSPS) is 20.1. The molecule has 0 bridgehead atoms. The molecule has 4 aromatic rings. The number of nitrogens with two attached hydrogens (primary N) is 1. The van der Waals surface area contributed by atoms with Crippen LogP contribution in [0, 0.1) is 0 Å². The van der Waals surface area contributed by atoms with Crippen LogP contribution >= 0.6 is 15.9 Å². The lowest BCUT2D eigenvalue weighted by atomic mass is 9.86. The molecule has 0 saturated carbocycles. The minimum Gasteiger partial charge on any atom is -0.311 e. The maximum absolute atomic E-state index is 6.90. The van der Waals surface area contributed by atoms with Gasteiger partial charge in [0.15, 0.2) is 17.5 Å². The molecule has 5 heteroatoms. The molecule has 32 heavy (non-hydrogen) atoms. The number of hydrogen-bond acceptors (Lipinski definition) is 4. The van der Waals surface area contributed by atoms with E-state index in [0.29, 0.717) is 17.5 Å². The zero-order chi connectivity index (χ0) is 22.0. The van der Waals surface area contributed by atoms with Crippen molar-refractivity contribution in [3.8, 4) is 22.8 Å². The maximum Gasteiger partial charge on any atom is 0.163 e. The molecule has 1 aliphatic carbocycles. The Balaban J connectivity index is 1.62. The third-order valence-corrected chi connectivity index (χ3v) is 6.46. The molecule has 0 radical (unpaired) electrons. The van der Waals surface area contributed by atoms with Crippen LogP contribution < -0.4 is 5.73 Å². The summed E-state index contributed by atoms with van der Waals surface area (Å²) in [6.07, 6.45) is 6.20. The van der Waals surface area contributed by atoms with Crippen molar-refractivity contribution in [1.29, 1.82) is 0 Å². The third-order valence-electron chi connectivity index (χ3n) is 5.54. The monoisotopic (exact) mass is 480 g/mol. The summed E-state index contributed by atoms with van der Waals surface area (Å²) in [7, 11) is 0. The van der Waals surface area contributed by atoms with Gasteiger partial charge in [-0.3, -0.25) is 0 Å². The summed E-state index contributed by atoms with van der Waals surface area (Å²) in [4.78, 5) is 14.4. The highest BCUT2D eigenvalue weighted by Crippen LogP contribution is 2.39. The molecule has 1 heterocycles. The Morgan fingerprint density at radius 1 is 0.688 bits per heavy atom. The van der Waals surface area contributed by atoms with Gasteiger partial charge in [-0.1, -0.05) is 125 Å². The first-order valence-corrected chi connectivity index (χ1v) is 11.2. The summed E-state index contributed by atoms with van der Waals surface area (Å²) in [5, 5.41) is 0. The molecule has 4 nitrogen and oxygen atoms in total. The van der Waals surface area contributed by atoms with Gasteiger partial charge in [-0.15, -0.1) is 0 Å². The molecule has 0 aliphatic heterocycles. The van der Waals surface area contributed by atoms with Crippen molar-refractivity contribution >= 4 is 15.9 Å². The minimum absolute atomic E-state index is 0.131. The third kappa shape index (κ3) is 3.93. The Labute approximate surface area is 195 Å². The molecule has 2 unspecified atom stereocenters. The van der Waals surface area contributed by atoms with Gasteiger partial charge >= 0.3 is 0 Å². The number of benzene rings is 3. The molecular weight excluding hydrogens is 460 g/mol. The van der Waals surface area contributed by atoms with Crippen LogP contribution in [0.4, 0.5) is 0 Å². The number of halogens is 1. The molecule has 0 spiro atoms. The smallest absolute Gasteiger partial charge is 0.163 e. The molecular formula is C27H21BrN4. The van der Waals surface area contributed by atoms with Crippen LogP contribution in [0.1, 0.15) is 17.3 Å². The van der Waals surface area contributed by atoms with Crippen molar-refractivity contribution in [2.45, 2.75) is 11.5 Å². The minimum atomic E-state index is -0.985. The van der Waals surface area contributed by atoms with Crippen molar-refractivity contribution < 1.29 is 0 Å². The molecule has 0 saturated heterocycles. The first-order chi connectivity index (χ1) is 15.6. The molecule has 2 atom stereocenters. The van der Waals surface area contributed by atoms with Crippen LogP contribution in [0.2, 0.25) is 0 Å². The van der Waals surface area contributed by atoms with Crippen molar-refractivity contribution in [2.75, 3.05) is 0 Å². The Bertz CT molecular complexity index is 1230. The van der Waals surface area contributed by atoms with E-state index < -0.39 is 5.54 Å². The van der Waals surface area contributed by atoms with E-state index in [-0.39, 0.29) is 5.92 Å². The van der Waals surface area contributed by atoms with Gasteiger partial charge in [-0.05, 0) is 5.56 Å². The molecule has 1 aliphatic rings. The zero-order valence-corrected chi connectivity index (χ0v) is 18.9. The summed E-state index contributed by atoms with van der Waals surface area (Å²) in [5.41, 5.74) is 8.95. The summed E-state index contributed by atoms with van der Waals surface area (Å²) in [6, 6.07) is 30.1. The second kappa shape index (κ2) is 8.61. The number of rotatable bonds is 4. The number of aromatic nitrogens is 3. The highest BCUT2D eigenvalue weighted by molar-refractivity contribution is 9.11. The Kier molecular flexibility index (Phi) is 5.52. The maximum atomic E-state index is 6.90. The van der Waals surface area contributed by atoms with Crippen LogP contribution in [-0.2, 0) is 5.54 Å². The molecule has 3 aromatic carbocycles. The van der Waals surface area contributed by atoms with E-state index in [9.17, 15) is 0 Å². The average molecular weight is 481 g/mol. The lowest BCUT2D eigenvalue weighted by Gasteiger charge is -2.29. The van der Waals surface area contributed by atoms with Crippen LogP contribution in [-0.4, -0.2) is 15.0 Å². The molecule has 156 valence electrons. The van der Waals surface area contributed by atoms with Crippen LogP contribution in [0.3, 0.4) is 0 Å². The van der Waals surface area contributed by atoms with Gasteiger partial charge in [0.1, 0.15) is 5.54 Å². The summed E-state index contributed by atoms with van der Waals surface area (Å²) >= 11 is 3.73. The lowest BCUT2D eigenvalue weighted by molar-refractivity contribution is 0.624. The van der Waals surface area contributed by atoms with Crippen molar-refractivity contribution in [2.24, 2.45) is 5.73 Å². The predicted molar refractivity (Wildman–Crippen MR) is 132 cm³/mol. The molecule has 2 N–H and O–H groups in total. The second-order valence-corrected chi connectivity index (χ2v) is 8.57. The van der Waals surface area contributed by atoms with Crippen molar-refractivity contribution in [3.63, 3.8) is 0 Å². The van der Waals surface area contributed by atoms with Gasteiger partial charge in [0, 0.05) is 21.5 Å². The summed E-state index contributed by atoms with van der Waals surface area (Å²) in [6.45, 7) is 0. The average Bonchev–Trinajstić information content (AvgIpc) is 2.87. The lowest BCUT2D eigenvalue weighted by Crippen LogP contribution is -2.39. The standard InChI is InChI=1S/C27H21BrN4/c28-23-18-22(19-10-4-1-5-11-19)16-17-27(23,29)26-31-24(20-12-6-2-7-13-20)30-25(32-26)21-14-8-3-9-15-21/h1-18,22H,29H2. The van der Waals surface area contributed by atoms with E-state index in [4.69, 9.17) is 20.7 Å². The fourth-order valence-corrected chi connectivity index (χ4v) is 4.34. The van der Waals surface area contributed by atoms with Gasteiger partial charge in [0.2, 0.25) is 0 Å². The number of nitrogens with zero attached hydrogens (tertiary/aromatic N) is 3. The van der Waals surface area contributed by atoms with Gasteiger partial charge < -0.3 is 5.73 Å². The number of allylic oxidation sites excluding steroid dienone is 2. The van der Waals surface area contributed by atoms with Gasteiger partial charge in [0.05, 0.1) is 0 Å². The summed E-state index contributed by atoms with van der Waals surface area (Å²) in [5.74, 6) is 1.82. The van der Waals surface area contributed by atoms with E-state index in [1.54, 1.807) is 0 Å². The SMILES string of the molecule is NC1(c2nc(-c3ccccc3)nc(-c3ccccc3)n2)C=CC(c2ccccc2)C=C1Br. The van der Waals surface area contributed by atoms with Gasteiger partial charge in [0.25, 0.3) is 0 Å². The quantitative estimate of drug-likeness (QED) is 0.364. The van der Waals surface area contributed by atoms with Crippen molar-refractivity contribution in [1.82, 2.24) is 15.0 Å². The van der Waals surface area contributed by atoms with E-state index in [1.807, 2.05) is 84.9 Å². The van der Waals surface area contributed by atoms with Crippen molar-refractivity contribution in [3.05, 3.63) is 125 Å². The molecule has 5 rings (SSSR count). The van der Waals surface area contributed by atoms with E-state index >= 15 is 0 Å². The van der Waals surface area contributed by atoms with Crippen LogP contribution in [0.15, 0.2) is 114 Å². The largest absolute Gasteiger partial charge is 0.311 e. The summed E-state index contributed by atoms with van der Waals surface area (Å²) < 4.78 is 0.825. The molecule has 0 amide bonds. The van der Waals surface area contributed by atoms with Gasteiger partial charge in [-0.2, -0.15) is 0 Å². The molecule has 0 fully saturated rings. The second-order valence-electron chi connectivity index (χ2n) is 7.72. The Morgan fingerprint density at radius 2 is 1.19 bits per heavy atom. The van der Waals surface area contributed by atoms with E-state index in [0.717, 1.165) is 15.6 Å². The predicted octanol–water partition coefficient (Wildman–Crippen LogP) is 5.99. The van der Waals surface area contributed by atoms with E-state index in [2.05, 4.69) is 40.2 Å². The first kappa shape index (κ1) is 20.5. The fraction of sp³-hybridized carbons (Fsp3) is 0.0741. The first-order valence-electron chi connectivity index (χ1n) is 10.4. The highest BCUT2D eigenvalue weighted by Gasteiger charge is 2.35. The number of hydrogen-bond donors (Lipinski definition) is 1. The van der Waals surface area contributed by atoms with Gasteiger partial charge in [-0.25, -0.2) is 15.0 Å². The Morgan fingerprint density at radius 3 is 1.69 bits per heavy atom. The van der Waals surface area contributed by atoms with E-state index in [1.165, 1.54) is 5.56 Å². The highest BCUT2D eigenvalue weighted by atomic mass is 79.9. The Hall–Kier alpha value is -3.41.